The number of aliphatic hydroxyl groups excluding tert-OH is 1. The Hall–Kier alpha value is -2.70. The second kappa shape index (κ2) is 12.7. The molecule has 1 heterocycles. The number of sulfonamides is 1. The van der Waals surface area contributed by atoms with Gasteiger partial charge < -0.3 is 29.7 Å². The molecule has 1 amide bonds. The van der Waals surface area contributed by atoms with Gasteiger partial charge in [0, 0.05) is 19.5 Å². The molecule has 37 heavy (non-hydrogen) atoms. The first-order valence-electron chi connectivity index (χ1n) is 12.1. The Bertz CT molecular complexity index is 1100. The number of carbonyl (C=O) groups excluding carboxylic acids is 1. The topological polar surface area (TPSA) is 135 Å². The van der Waals surface area contributed by atoms with Crippen molar-refractivity contribution in [1.29, 1.82) is 0 Å². The van der Waals surface area contributed by atoms with Gasteiger partial charge in [-0.25, -0.2) is 13.2 Å². The molecule has 0 bridgehead atoms. The predicted molar refractivity (Wildman–Crippen MR) is 137 cm³/mol. The second-order valence-corrected chi connectivity index (χ2v) is 11.6. The number of benzene rings is 2. The highest BCUT2D eigenvalue weighted by molar-refractivity contribution is 7.89. The third-order valence-corrected chi connectivity index (χ3v) is 7.70. The van der Waals surface area contributed by atoms with Gasteiger partial charge in [-0.1, -0.05) is 30.3 Å². The van der Waals surface area contributed by atoms with Crippen LogP contribution in [0.3, 0.4) is 0 Å². The third kappa shape index (κ3) is 8.68. The molecule has 0 saturated carbocycles. The summed E-state index contributed by atoms with van der Waals surface area (Å²) < 4.78 is 43.8. The van der Waals surface area contributed by atoms with Gasteiger partial charge in [0.15, 0.2) is 0 Å². The van der Waals surface area contributed by atoms with Crippen molar-refractivity contribution in [3.8, 4) is 5.75 Å². The maximum absolute atomic E-state index is 13.5. The number of nitrogens with zero attached hydrogens (tertiary/aromatic N) is 1. The summed E-state index contributed by atoms with van der Waals surface area (Å²) in [6.07, 6.45) is -1.60. The van der Waals surface area contributed by atoms with Crippen molar-refractivity contribution in [2.45, 2.75) is 55.4 Å². The minimum Gasteiger partial charge on any atom is -0.497 e. The van der Waals surface area contributed by atoms with Gasteiger partial charge in [-0.3, -0.25) is 0 Å². The molecule has 1 aliphatic rings. The molecule has 1 aliphatic heterocycles. The molecule has 3 atom stereocenters. The van der Waals surface area contributed by atoms with Gasteiger partial charge in [0.25, 0.3) is 0 Å². The number of amides is 1. The fraction of sp³-hybridized carbons (Fsp3) is 0.500. The smallest absolute Gasteiger partial charge is 0.407 e. The zero-order valence-corrected chi connectivity index (χ0v) is 22.2. The molecule has 3 rings (SSSR count). The van der Waals surface area contributed by atoms with Crippen LogP contribution in [0.2, 0.25) is 0 Å². The molecule has 0 spiro atoms. The summed E-state index contributed by atoms with van der Waals surface area (Å²) in [5, 5.41) is 24.4. The Labute approximate surface area is 218 Å². The predicted octanol–water partition coefficient (Wildman–Crippen LogP) is 1.94. The van der Waals surface area contributed by atoms with Crippen molar-refractivity contribution < 1.29 is 37.6 Å². The molecule has 1 saturated heterocycles. The zero-order valence-electron chi connectivity index (χ0n) is 21.4. The Morgan fingerprint density at radius 2 is 1.86 bits per heavy atom. The third-order valence-electron chi connectivity index (χ3n) is 5.88. The van der Waals surface area contributed by atoms with Crippen molar-refractivity contribution >= 4 is 16.1 Å². The van der Waals surface area contributed by atoms with Gasteiger partial charge in [-0.15, -0.1) is 0 Å². The quantitative estimate of drug-likeness (QED) is 0.375. The summed E-state index contributed by atoms with van der Waals surface area (Å²) in [7, 11) is -2.63. The Balaban J connectivity index is 1.83. The van der Waals surface area contributed by atoms with Crippen molar-refractivity contribution in [3.63, 3.8) is 0 Å². The van der Waals surface area contributed by atoms with Crippen LogP contribution < -0.4 is 10.1 Å². The van der Waals surface area contributed by atoms with E-state index in [1.807, 2.05) is 30.3 Å². The van der Waals surface area contributed by atoms with E-state index in [4.69, 9.17) is 14.2 Å². The van der Waals surface area contributed by atoms with Crippen molar-refractivity contribution in [2.24, 2.45) is 0 Å². The minimum atomic E-state index is -4.11. The lowest BCUT2D eigenvalue weighted by Gasteiger charge is -2.32. The van der Waals surface area contributed by atoms with E-state index in [2.05, 4.69) is 5.32 Å². The highest BCUT2D eigenvalue weighted by Gasteiger charge is 2.34. The van der Waals surface area contributed by atoms with E-state index >= 15 is 0 Å². The lowest BCUT2D eigenvalue weighted by Crippen LogP contribution is -2.53. The molecule has 10 nitrogen and oxygen atoms in total. The largest absolute Gasteiger partial charge is 0.497 e. The maximum Gasteiger partial charge on any atom is 0.407 e. The number of methoxy groups -OCH3 is 1. The van der Waals surface area contributed by atoms with E-state index in [9.17, 15) is 23.4 Å². The van der Waals surface area contributed by atoms with Gasteiger partial charge in [0.2, 0.25) is 10.0 Å². The lowest BCUT2D eigenvalue weighted by atomic mass is 10.0. The summed E-state index contributed by atoms with van der Waals surface area (Å²) in [4.78, 5) is 12.6. The number of nitrogens with one attached hydrogen (secondary N) is 1. The van der Waals surface area contributed by atoms with Crippen LogP contribution in [0.25, 0.3) is 0 Å². The Morgan fingerprint density at radius 3 is 2.43 bits per heavy atom. The van der Waals surface area contributed by atoms with Crippen LogP contribution in [0.4, 0.5) is 4.79 Å². The molecule has 3 N–H and O–H groups in total. The number of hydrogen-bond donors (Lipinski definition) is 3. The molecule has 204 valence electrons. The molecule has 2 aromatic carbocycles. The number of rotatable bonds is 12. The first kappa shape index (κ1) is 28.9. The van der Waals surface area contributed by atoms with E-state index in [0.717, 1.165) is 9.87 Å². The summed E-state index contributed by atoms with van der Waals surface area (Å²) in [5.74, 6) is 0.492. The van der Waals surface area contributed by atoms with Gasteiger partial charge in [-0.2, -0.15) is 4.31 Å². The van der Waals surface area contributed by atoms with E-state index in [-0.39, 0.29) is 30.5 Å². The normalized spacial score (nSPS) is 17.8. The molecule has 0 aliphatic carbocycles. The summed E-state index contributed by atoms with van der Waals surface area (Å²) >= 11 is 0. The fourth-order valence-electron chi connectivity index (χ4n) is 4.01. The molecule has 11 heteroatoms. The van der Waals surface area contributed by atoms with Gasteiger partial charge >= 0.3 is 6.09 Å². The monoisotopic (exact) mass is 536 g/mol. The van der Waals surface area contributed by atoms with E-state index < -0.39 is 33.9 Å². The van der Waals surface area contributed by atoms with Crippen molar-refractivity contribution in [3.05, 3.63) is 60.2 Å². The van der Waals surface area contributed by atoms with E-state index in [0.29, 0.717) is 25.4 Å². The summed E-state index contributed by atoms with van der Waals surface area (Å²) in [6.45, 7) is 3.12. The highest BCUT2D eigenvalue weighted by Crippen LogP contribution is 2.22. The van der Waals surface area contributed by atoms with Gasteiger partial charge in [-0.05, 0) is 50.1 Å². The van der Waals surface area contributed by atoms with Gasteiger partial charge in [0.05, 0.1) is 43.0 Å². The lowest BCUT2D eigenvalue weighted by molar-refractivity contribution is 0.0367. The van der Waals surface area contributed by atoms with E-state index in [1.54, 1.807) is 0 Å². The van der Waals surface area contributed by atoms with Crippen molar-refractivity contribution in [2.75, 3.05) is 33.4 Å². The second-order valence-electron chi connectivity index (χ2n) is 9.68. The standard InChI is InChI=1S/C26H36N2O8S/c1-26(2,31)18-28(37(32,33)22-11-9-20(34-3)10-12-22)16-24(29)23(15-19-7-5-4-6-8-19)27-25(30)36-21-13-14-35-17-21/h4-12,21,23-24,29,31H,13-18H2,1-3H3,(H,27,30)/t21-,23-,24+/m0/s1. The van der Waals surface area contributed by atoms with Gasteiger partial charge in [0.1, 0.15) is 11.9 Å². The molecular weight excluding hydrogens is 500 g/mol. The molecule has 2 aromatic rings. The SMILES string of the molecule is COc1ccc(S(=O)(=O)N(C[C@@H](O)[C@H](Cc2ccccc2)NC(=O)O[C@H]2CCOC2)CC(C)(C)O)cc1. The van der Waals surface area contributed by atoms with Crippen LogP contribution in [0.1, 0.15) is 25.8 Å². The first-order chi connectivity index (χ1) is 17.5. The number of hydrogen-bond acceptors (Lipinski definition) is 8. The highest BCUT2D eigenvalue weighted by atomic mass is 32.2. The summed E-state index contributed by atoms with van der Waals surface area (Å²) in [6, 6.07) is 14.2. The number of ether oxygens (including phenoxy) is 3. The zero-order chi connectivity index (χ0) is 27.1. The van der Waals surface area contributed by atoms with Crippen LogP contribution in [0, 0.1) is 0 Å². The molecule has 0 aromatic heterocycles. The maximum atomic E-state index is 13.5. The van der Waals surface area contributed by atoms with Crippen LogP contribution in [0.15, 0.2) is 59.5 Å². The molecule has 0 unspecified atom stereocenters. The van der Waals surface area contributed by atoms with E-state index in [1.165, 1.54) is 45.2 Å². The first-order valence-corrected chi connectivity index (χ1v) is 13.6. The van der Waals surface area contributed by atoms with Crippen LogP contribution in [0.5, 0.6) is 5.75 Å². The molecule has 1 fully saturated rings. The minimum absolute atomic E-state index is 0.0158. The number of aliphatic hydroxyl groups is 2. The van der Waals surface area contributed by atoms with Crippen LogP contribution >= 0.6 is 0 Å². The number of alkyl carbamates (subject to hydrolysis) is 1. The van der Waals surface area contributed by atoms with Crippen LogP contribution in [-0.2, 0) is 25.9 Å². The molecule has 0 radical (unpaired) electrons. The molecular formula is C26H36N2O8S. The Morgan fingerprint density at radius 1 is 1.19 bits per heavy atom. The summed E-state index contributed by atoms with van der Waals surface area (Å²) in [5.41, 5.74) is -0.550. The fourth-order valence-corrected chi connectivity index (χ4v) is 5.62. The van der Waals surface area contributed by atoms with Crippen LogP contribution in [-0.4, -0.2) is 86.3 Å². The number of carbonyl (C=O) groups is 1. The average molecular weight is 537 g/mol. The average Bonchev–Trinajstić information content (AvgIpc) is 3.36. The Kier molecular flexibility index (Phi) is 9.91. The van der Waals surface area contributed by atoms with Crippen molar-refractivity contribution in [1.82, 2.24) is 9.62 Å².